The Morgan fingerprint density at radius 1 is 1.53 bits per heavy atom. The zero-order valence-electron chi connectivity index (χ0n) is 9.97. The average Bonchev–Trinajstić information content (AvgIpc) is 2.31. The van der Waals surface area contributed by atoms with Crippen LogP contribution in [0.5, 0.6) is 5.75 Å². The SMILES string of the molecule is COc1ccc(NC(=O)C(C)C)c(N=[N+]=[N-])c1. The van der Waals surface area contributed by atoms with E-state index in [2.05, 4.69) is 15.3 Å². The van der Waals surface area contributed by atoms with Gasteiger partial charge in [-0.3, -0.25) is 4.79 Å². The third kappa shape index (κ3) is 3.39. The average molecular weight is 234 g/mol. The number of nitrogens with zero attached hydrogens (tertiary/aromatic N) is 3. The van der Waals surface area contributed by atoms with Crippen molar-refractivity contribution in [2.24, 2.45) is 11.0 Å². The maximum atomic E-state index is 11.5. The van der Waals surface area contributed by atoms with Crippen LogP contribution in [-0.2, 0) is 4.79 Å². The zero-order valence-corrected chi connectivity index (χ0v) is 9.97. The number of benzene rings is 1. The molecule has 0 unspecified atom stereocenters. The van der Waals surface area contributed by atoms with E-state index in [0.717, 1.165) is 0 Å². The normalized spacial score (nSPS) is 9.65. The molecule has 1 aromatic carbocycles. The fourth-order valence-electron chi connectivity index (χ4n) is 1.15. The maximum absolute atomic E-state index is 11.5. The van der Waals surface area contributed by atoms with Crippen LogP contribution in [0.4, 0.5) is 11.4 Å². The van der Waals surface area contributed by atoms with Gasteiger partial charge in [0.05, 0.1) is 18.5 Å². The molecule has 6 heteroatoms. The second kappa shape index (κ2) is 5.77. The highest BCUT2D eigenvalue weighted by Gasteiger charge is 2.10. The molecule has 0 aliphatic rings. The molecule has 0 fully saturated rings. The van der Waals surface area contributed by atoms with Gasteiger partial charge >= 0.3 is 0 Å². The van der Waals surface area contributed by atoms with Gasteiger partial charge in [0.15, 0.2) is 0 Å². The van der Waals surface area contributed by atoms with E-state index in [1.807, 2.05) is 0 Å². The van der Waals surface area contributed by atoms with Crippen LogP contribution in [0.15, 0.2) is 23.3 Å². The van der Waals surface area contributed by atoms with Crippen LogP contribution in [0.2, 0.25) is 0 Å². The van der Waals surface area contributed by atoms with Gasteiger partial charge in [0.25, 0.3) is 0 Å². The summed E-state index contributed by atoms with van der Waals surface area (Å²) in [7, 11) is 1.52. The lowest BCUT2D eigenvalue weighted by molar-refractivity contribution is -0.118. The van der Waals surface area contributed by atoms with Gasteiger partial charge in [-0.05, 0) is 23.7 Å². The van der Waals surface area contributed by atoms with Crippen LogP contribution in [0, 0.1) is 5.92 Å². The number of carbonyl (C=O) groups excluding carboxylic acids is 1. The van der Waals surface area contributed by atoms with Crippen molar-refractivity contribution in [2.45, 2.75) is 13.8 Å². The van der Waals surface area contributed by atoms with Gasteiger partial charge in [-0.15, -0.1) is 0 Å². The van der Waals surface area contributed by atoms with Crippen LogP contribution >= 0.6 is 0 Å². The Hall–Kier alpha value is -2.20. The fourth-order valence-corrected chi connectivity index (χ4v) is 1.15. The Balaban J connectivity index is 3.06. The van der Waals surface area contributed by atoms with E-state index in [1.165, 1.54) is 7.11 Å². The summed E-state index contributed by atoms with van der Waals surface area (Å²) in [6.45, 7) is 3.57. The van der Waals surface area contributed by atoms with Crippen LogP contribution in [0.3, 0.4) is 0 Å². The van der Waals surface area contributed by atoms with Crippen molar-refractivity contribution >= 4 is 17.3 Å². The van der Waals surface area contributed by atoms with Gasteiger partial charge in [-0.2, -0.15) is 0 Å². The molecule has 90 valence electrons. The smallest absolute Gasteiger partial charge is 0.226 e. The first-order valence-corrected chi connectivity index (χ1v) is 5.12. The van der Waals surface area contributed by atoms with Crippen molar-refractivity contribution in [2.75, 3.05) is 12.4 Å². The molecule has 1 amide bonds. The van der Waals surface area contributed by atoms with Gasteiger partial charge in [-0.1, -0.05) is 19.0 Å². The number of hydrogen-bond acceptors (Lipinski definition) is 3. The summed E-state index contributed by atoms with van der Waals surface area (Å²) in [5, 5.41) is 6.20. The highest BCUT2D eigenvalue weighted by molar-refractivity contribution is 5.94. The Bertz CT molecular complexity index is 465. The molecule has 0 saturated carbocycles. The minimum Gasteiger partial charge on any atom is -0.497 e. The molecule has 0 atom stereocenters. The molecular formula is C11H14N4O2. The first kappa shape index (κ1) is 12.9. The molecule has 0 heterocycles. The predicted molar refractivity (Wildman–Crippen MR) is 65.3 cm³/mol. The first-order chi connectivity index (χ1) is 8.08. The summed E-state index contributed by atoms with van der Waals surface area (Å²) in [5.41, 5.74) is 9.26. The second-order valence-corrected chi connectivity index (χ2v) is 3.72. The first-order valence-electron chi connectivity index (χ1n) is 5.12. The molecular weight excluding hydrogens is 220 g/mol. The number of nitrogens with one attached hydrogen (secondary N) is 1. The second-order valence-electron chi connectivity index (χ2n) is 3.72. The highest BCUT2D eigenvalue weighted by Crippen LogP contribution is 2.30. The van der Waals surface area contributed by atoms with Crippen molar-refractivity contribution in [3.05, 3.63) is 28.6 Å². The topological polar surface area (TPSA) is 87.1 Å². The predicted octanol–water partition coefficient (Wildman–Crippen LogP) is 3.23. The number of ether oxygens (including phenoxy) is 1. The summed E-state index contributed by atoms with van der Waals surface area (Å²) in [5.74, 6) is 0.288. The summed E-state index contributed by atoms with van der Waals surface area (Å²) in [6.07, 6.45) is 0. The number of carbonyl (C=O) groups is 1. The van der Waals surface area contributed by atoms with Crippen molar-refractivity contribution in [1.82, 2.24) is 0 Å². The third-order valence-corrected chi connectivity index (χ3v) is 2.14. The molecule has 0 aliphatic heterocycles. The Morgan fingerprint density at radius 3 is 2.76 bits per heavy atom. The minimum absolute atomic E-state index is 0.135. The van der Waals surface area contributed by atoms with Crippen molar-refractivity contribution in [3.63, 3.8) is 0 Å². The van der Waals surface area contributed by atoms with Crippen molar-refractivity contribution < 1.29 is 9.53 Å². The lowest BCUT2D eigenvalue weighted by Crippen LogP contribution is -2.17. The molecule has 1 rings (SSSR count). The molecule has 6 nitrogen and oxygen atoms in total. The van der Waals surface area contributed by atoms with E-state index >= 15 is 0 Å². The summed E-state index contributed by atoms with van der Waals surface area (Å²) < 4.78 is 5.01. The van der Waals surface area contributed by atoms with Crippen molar-refractivity contribution in [3.8, 4) is 5.75 Å². The lowest BCUT2D eigenvalue weighted by Gasteiger charge is -2.11. The van der Waals surface area contributed by atoms with Gasteiger partial charge in [-0.25, -0.2) is 0 Å². The quantitative estimate of drug-likeness (QED) is 0.492. The number of amides is 1. The van der Waals surface area contributed by atoms with Crippen LogP contribution in [0.25, 0.3) is 10.4 Å². The number of methoxy groups -OCH3 is 1. The number of anilines is 1. The van der Waals surface area contributed by atoms with Gasteiger partial charge in [0, 0.05) is 10.8 Å². The zero-order chi connectivity index (χ0) is 12.8. The molecule has 0 bridgehead atoms. The van der Waals surface area contributed by atoms with E-state index in [0.29, 0.717) is 17.1 Å². The highest BCUT2D eigenvalue weighted by atomic mass is 16.5. The summed E-state index contributed by atoms with van der Waals surface area (Å²) >= 11 is 0. The molecule has 0 aliphatic carbocycles. The van der Waals surface area contributed by atoms with E-state index < -0.39 is 0 Å². The summed E-state index contributed by atoms with van der Waals surface area (Å²) in [4.78, 5) is 14.3. The number of rotatable bonds is 4. The number of hydrogen-bond donors (Lipinski definition) is 1. The Labute approximate surface area is 99.2 Å². The molecule has 0 spiro atoms. The van der Waals surface area contributed by atoms with Crippen molar-refractivity contribution in [1.29, 1.82) is 0 Å². The lowest BCUT2D eigenvalue weighted by atomic mass is 10.2. The molecule has 0 saturated heterocycles. The fraction of sp³-hybridized carbons (Fsp3) is 0.364. The maximum Gasteiger partial charge on any atom is 0.226 e. The van der Waals surface area contributed by atoms with E-state index in [-0.39, 0.29) is 11.8 Å². The largest absolute Gasteiger partial charge is 0.497 e. The molecule has 0 aromatic heterocycles. The van der Waals surface area contributed by atoms with Crippen LogP contribution < -0.4 is 10.1 Å². The Kier molecular flexibility index (Phi) is 4.37. The number of azide groups is 1. The van der Waals surface area contributed by atoms with E-state index in [9.17, 15) is 4.79 Å². The molecule has 1 N–H and O–H groups in total. The van der Waals surface area contributed by atoms with E-state index in [1.54, 1.807) is 32.0 Å². The van der Waals surface area contributed by atoms with Gasteiger partial charge in [0.2, 0.25) is 5.91 Å². The minimum atomic E-state index is -0.143. The van der Waals surface area contributed by atoms with Gasteiger partial charge < -0.3 is 10.1 Å². The molecule has 17 heavy (non-hydrogen) atoms. The third-order valence-electron chi connectivity index (χ3n) is 2.14. The summed E-state index contributed by atoms with van der Waals surface area (Å²) in [6, 6.07) is 4.89. The molecule has 0 radical (unpaired) electrons. The standard InChI is InChI=1S/C11H14N4O2/c1-7(2)11(16)13-9-5-4-8(17-3)6-10(9)14-15-12/h4-7H,1-3H3,(H,13,16). The van der Waals surface area contributed by atoms with Gasteiger partial charge in [0.1, 0.15) is 5.75 Å². The van der Waals surface area contributed by atoms with Crippen LogP contribution in [0.1, 0.15) is 13.8 Å². The van der Waals surface area contributed by atoms with E-state index in [4.69, 9.17) is 10.3 Å². The molecule has 1 aromatic rings. The van der Waals surface area contributed by atoms with Crippen LogP contribution in [-0.4, -0.2) is 13.0 Å². The Morgan fingerprint density at radius 2 is 2.24 bits per heavy atom. The monoisotopic (exact) mass is 234 g/mol.